The third-order valence-corrected chi connectivity index (χ3v) is 6.15. The highest BCUT2D eigenvalue weighted by molar-refractivity contribution is 6.11. The summed E-state index contributed by atoms with van der Waals surface area (Å²) in [5.41, 5.74) is 5.70. The highest BCUT2D eigenvalue weighted by Crippen LogP contribution is 2.40. The van der Waals surface area contributed by atoms with Gasteiger partial charge in [-0.25, -0.2) is 0 Å². The lowest BCUT2D eigenvalue weighted by atomic mass is 9.98. The quantitative estimate of drug-likeness (QED) is 0.391. The molecule has 3 N–H and O–H groups in total. The van der Waals surface area contributed by atoms with E-state index < -0.39 is 5.72 Å². The number of tetrazole rings is 1. The van der Waals surface area contributed by atoms with E-state index in [-0.39, 0.29) is 24.0 Å². The minimum absolute atomic E-state index is 0.0143. The van der Waals surface area contributed by atoms with Crippen LogP contribution < -0.4 is 19.9 Å². The number of aromatic nitrogens is 4. The zero-order chi connectivity index (χ0) is 24.8. The van der Waals surface area contributed by atoms with Crippen LogP contribution in [0.25, 0.3) is 0 Å². The van der Waals surface area contributed by atoms with Crippen molar-refractivity contribution in [2.45, 2.75) is 52.2 Å². The molecule has 35 heavy (non-hydrogen) atoms. The number of ketones is 1. The number of carbonyl (C=O) groups excluding carboxylic acids is 1. The number of H-pyrrole nitrogens is 1. The molecular weight excluding hydrogens is 446 g/mol. The molecule has 1 aliphatic heterocycles. The highest BCUT2D eigenvalue weighted by Gasteiger charge is 2.41. The number of nitrogens with one attached hydrogen (secondary N) is 1. The van der Waals surface area contributed by atoms with Gasteiger partial charge < -0.3 is 14.2 Å². The van der Waals surface area contributed by atoms with E-state index in [9.17, 15) is 4.79 Å². The normalized spacial score (nSPS) is 17.9. The maximum absolute atomic E-state index is 13.3. The highest BCUT2D eigenvalue weighted by atomic mass is 16.6. The molecule has 4 rings (SSSR count). The van der Waals surface area contributed by atoms with E-state index in [4.69, 9.17) is 19.9 Å². The Morgan fingerprint density at radius 1 is 1.14 bits per heavy atom. The van der Waals surface area contributed by atoms with Gasteiger partial charge in [0.25, 0.3) is 5.72 Å². The lowest BCUT2D eigenvalue weighted by Gasteiger charge is -2.33. The van der Waals surface area contributed by atoms with Gasteiger partial charge in [-0.15, -0.1) is 10.2 Å². The number of hydrogen-bond donors (Lipinski definition) is 2. The maximum Gasteiger partial charge on any atom is 0.257 e. The molecule has 1 aliphatic rings. The van der Waals surface area contributed by atoms with Crippen LogP contribution in [0.4, 0.5) is 0 Å². The first-order valence-electron chi connectivity index (χ1n) is 12.1. The summed E-state index contributed by atoms with van der Waals surface area (Å²) in [7, 11) is 0. The minimum atomic E-state index is -1.46. The van der Waals surface area contributed by atoms with E-state index in [0.717, 1.165) is 18.1 Å². The van der Waals surface area contributed by atoms with Crippen LogP contribution in [0.15, 0.2) is 42.5 Å². The van der Waals surface area contributed by atoms with Gasteiger partial charge in [0.05, 0.1) is 12.2 Å². The average molecular weight is 480 g/mol. The van der Waals surface area contributed by atoms with E-state index >= 15 is 0 Å². The van der Waals surface area contributed by atoms with Gasteiger partial charge in [-0.2, -0.15) is 5.21 Å². The van der Waals surface area contributed by atoms with Gasteiger partial charge in [-0.3, -0.25) is 10.5 Å². The molecule has 0 fully saturated rings. The van der Waals surface area contributed by atoms with E-state index in [1.807, 2.05) is 12.1 Å². The molecule has 0 spiro atoms. The second kappa shape index (κ2) is 10.9. The molecule has 2 heterocycles. The zero-order valence-corrected chi connectivity index (χ0v) is 20.5. The van der Waals surface area contributed by atoms with Crippen molar-refractivity contribution >= 4 is 5.78 Å². The summed E-state index contributed by atoms with van der Waals surface area (Å²) in [5, 5.41) is 13.7. The fourth-order valence-electron chi connectivity index (χ4n) is 4.02. The van der Waals surface area contributed by atoms with Crippen LogP contribution in [-0.2, 0) is 5.72 Å². The van der Waals surface area contributed by atoms with Crippen molar-refractivity contribution < 1.29 is 19.0 Å². The predicted molar refractivity (Wildman–Crippen MR) is 130 cm³/mol. The van der Waals surface area contributed by atoms with Crippen LogP contribution in [0, 0.1) is 11.8 Å². The number of hydrogen-bond acceptors (Lipinski definition) is 8. The molecule has 0 amide bonds. The Morgan fingerprint density at radius 3 is 2.66 bits per heavy atom. The van der Waals surface area contributed by atoms with Crippen LogP contribution in [0.2, 0.25) is 0 Å². The number of para-hydroxylation sites is 1. The number of nitrogens with two attached hydrogens (primary N) is 1. The van der Waals surface area contributed by atoms with Crippen LogP contribution in [-0.4, -0.2) is 39.6 Å². The van der Waals surface area contributed by atoms with Crippen LogP contribution >= 0.6 is 0 Å². The van der Waals surface area contributed by atoms with Crippen molar-refractivity contribution in [2.75, 3.05) is 13.2 Å². The van der Waals surface area contributed by atoms with E-state index in [0.29, 0.717) is 29.4 Å². The van der Waals surface area contributed by atoms with Crippen LogP contribution in [0.3, 0.4) is 0 Å². The molecule has 1 aromatic heterocycles. The van der Waals surface area contributed by atoms with Crippen molar-refractivity contribution in [1.82, 2.24) is 20.6 Å². The smallest absolute Gasteiger partial charge is 0.257 e. The predicted octanol–water partition coefficient (Wildman–Crippen LogP) is 4.24. The molecule has 186 valence electrons. The SMILES string of the molecule is CC(C)CCCC(C)CCOc1ccc(C(=O)c2cccc3c2OC(N)(c2nn[nH]n2)CO3)cc1. The Morgan fingerprint density at radius 2 is 1.94 bits per heavy atom. The number of ether oxygens (including phenoxy) is 3. The molecule has 2 atom stereocenters. The third kappa shape index (κ3) is 5.97. The van der Waals surface area contributed by atoms with Crippen molar-refractivity contribution in [3.05, 3.63) is 59.4 Å². The third-order valence-electron chi connectivity index (χ3n) is 6.15. The fourth-order valence-corrected chi connectivity index (χ4v) is 4.02. The number of nitrogens with zero attached hydrogens (tertiary/aromatic N) is 3. The summed E-state index contributed by atoms with van der Waals surface area (Å²) in [5.74, 6) is 2.73. The van der Waals surface area contributed by atoms with Crippen molar-refractivity contribution in [1.29, 1.82) is 0 Å². The van der Waals surface area contributed by atoms with Gasteiger partial charge in [-0.05, 0) is 59.9 Å². The Bertz CT molecular complexity index is 1120. The van der Waals surface area contributed by atoms with Crippen LogP contribution in [0.5, 0.6) is 17.2 Å². The number of rotatable bonds is 11. The Balaban J connectivity index is 1.38. The lowest BCUT2D eigenvalue weighted by molar-refractivity contribution is -0.0154. The number of benzene rings is 2. The first-order chi connectivity index (χ1) is 16.9. The Hall–Kier alpha value is -3.46. The number of carbonyl (C=O) groups is 1. The van der Waals surface area contributed by atoms with Crippen molar-refractivity contribution in [2.24, 2.45) is 17.6 Å². The van der Waals surface area contributed by atoms with E-state index in [1.54, 1.807) is 30.3 Å². The molecule has 9 nitrogen and oxygen atoms in total. The summed E-state index contributed by atoms with van der Waals surface area (Å²) in [6, 6.07) is 12.3. The fraction of sp³-hybridized carbons (Fsp3) is 0.462. The standard InChI is InChI=1S/C26H33N5O4/c1-17(2)6-4-7-18(3)14-15-33-20-12-10-19(11-13-20)23(32)21-8-5-9-22-24(21)35-26(27,16-34-22)25-28-30-31-29-25/h5,8-13,17-18H,4,6-7,14-16,27H2,1-3H3,(H,28,29,30,31). The van der Waals surface area contributed by atoms with Gasteiger partial charge in [0, 0.05) is 5.56 Å². The maximum atomic E-state index is 13.3. The molecule has 9 heteroatoms. The summed E-state index contributed by atoms with van der Waals surface area (Å²) in [6.07, 6.45) is 4.76. The molecule has 2 unspecified atom stereocenters. The largest absolute Gasteiger partial charge is 0.494 e. The van der Waals surface area contributed by atoms with Gasteiger partial charge in [0.1, 0.15) is 12.4 Å². The number of aromatic amines is 1. The first-order valence-corrected chi connectivity index (χ1v) is 12.1. The summed E-state index contributed by atoms with van der Waals surface area (Å²) in [6.45, 7) is 7.43. The molecule has 0 aliphatic carbocycles. The summed E-state index contributed by atoms with van der Waals surface area (Å²) in [4.78, 5) is 13.3. The molecule has 2 aromatic carbocycles. The van der Waals surface area contributed by atoms with Gasteiger partial charge >= 0.3 is 0 Å². The van der Waals surface area contributed by atoms with Gasteiger partial charge in [0.15, 0.2) is 17.3 Å². The van der Waals surface area contributed by atoms with Crippen molar-refractivity contribution in [3.63, 3.8) is 0 Å². The Labute approximate surface area is 205 Å². The van der Waals surface area contributed by atoms with Gasteiger partial charge in [0.2, 0.25) is 5.82 Å². The van der Waals surface area contributed by atoms with Crippen LogP contribution in [0.1, 0.15) is 68.2 Å². The molecule has 3 aromatic rings. The monoisotopic (exact) mass is 479 g/mol. The topological polar surface area (TPSA) is 125 Å². The molecule has 0 bridgehead atoms. The average Bonchev–Trinajstić information content (AvgIpc) is 3.40. The van der Waals surface area contributed by atoms with Gasteiger partial charge in [-0.1, -0.05) is 46.1 Å². The molecule has 0 radical (unpaired) electrons. The summed E-state index contributed by atoms with van der Waals surface area (Å²) < 4.78 is 17.7. The molecule has 0 saturated carbocycles. The van der Waals surface area contributed by atoms with Crippen molar-refractivity contribution in [3.8, 4) is 17.2 Å². The first kappa shape index (κ1) is 24.7. The minimum Gasteiger partial charge on any atom is -0.494 e. The second-order valence-corrected chi connectivity index (χ2v) is 9.57. The van der Waals surface area contributed by atoms with E-state index in [1.165, 1.54) is 19.3 Å². The number of fused-ring (bicyclic) bond motifs is 1. The lowest BCUT2D eigenvalue weighted by Crippen LogP contribution is -2.51. The van der Waals surface area contributed by atoms with E-state index in [2.05, 4.69) is 41.4 Å². The summed E-state index contributed by atoms with van der Waals surface area (Å²) >= 11 is 0. The Kier molecular flexibility index (Phi) is 7.65. The zero-order valence-electron chi connectivity index (χ0n) is 20.5. The molecule has 0 saturated heterocycles. The second-order valence-electron chi connectivity index (χ2n) is 9.57. The molecular formula is C26H33N5O4.